The number of aromatic nitrogens is 2. The van der Waals surface area contributed by atoms with Gasteiger partial charge in [-0.15, -0.1) is 0 Å². The number of nitrogens with one attached hydrogen (secondary N) is 1. The van der Waals surface area contributed by atoms with E-state index in [2.05, 4.69) is 9.97 Å². The van der Waals surface area contributed by atoms with Gasteiger partial charge in [0.1, 0.15) is 11.6 Å². The largest absolute Gasteiger partial charge is 0.508 e. The molecule has 2 rings (SSSR count). The summed E-state index contributed by atoms with van der Waals surface area (Å²) in [5, 5.41) is 17.9. The number of rotatable bonds is 4. The highest BCUT2D eigenvalue weighted by Crippen LogP contribution is 2.18. The van der Waals surface area contributed by atoms with Gasteiger partial charge in [-0.2, -0.15) is 0 Å². The van der Waals surface area contributed by atoms with Crippen LogP contribution < -0.4 is 5.56 Å². The molecule has 0 fully saturated rings. The Morgan fingerprint density at radius 3 is 2.79 bits per heavy atom. The summed E-state index contributed by atoms with van der Waals surface area (Å²) in [5.41, 5.74) is 0.544. The van der Waals surface area contributed by atoms with E-state index in [1.54, 1.807) is 12.1 Å². The van der Waals surface area contributed by atoms with Gasteiger partial charge in [-0.3, -0.25) is 9.59 Å². The highest BCUT2D eigenvalue weighted by atomic mass is 16.4. The van der Waals surface area contributed by atoms with Crippen molar-refractivity contribution < 1.29 is 15.0 Å². The van der Waals surface area contributed by atoms with Gasteiger partial charge < -0.3 is 15.2 Å². The van der Waals surface area contributed by atoms with Gasteiger partial charge in [0.25, 0.3) is 5.56 Å². The van der Waals surface area contributed by atoms with Crippen molar-refractivity contribution in [3.05, 3.63) is 46.4 Å². The zero-order valence-corrected chi connectivity index (χ0v) is 9.96. The van der Waals surface area contributed by atoms with Crippen LogP contribution in [0.4, 0.5) is 0 Å². The first-order chi connectivity index (χ1) is 9.06. The second-order valence-electron chi connectivity index (χ2n) is 4.03. The second-order valence-corrected chi connectivity index (χ2v) is 4.03. The number of carboxylic acids is 1. The van der Waals surface area contributed by atoms with Crippen molar-refractivity contribution in [1.29, 1.82) is 0 Å². The van der Waals surface area contributed by atoms with Gasteiger partial charge in [0.2, 0.25) is 0 Å². The van der Waals surface area contributed by atoms with E-state index >= 15 is 0 Å². The Labute approximate surface area is 108 Å². The first-order valence-corrected chi connectivity index (χ1v) is 5.65. The summed E-state index contributed by atoms with van der Waals surface area (Å²) in [7, 11) is 0. The van der Waals surface area contributed by atoms with Crippen LogP contribution in [0.25, 0.3) is 11.4 Å². The quantitative estimate of drug-likeness (QED) is 0.765. The number of carboxylic acid groups (broad SMARTS) is 1. The Morgan fingerprint density at radius 2 is 2.16 bits per heavy atom. The fourth-order valence-corrected chi connectivity index (χ4v) is 1.64. The van der Waals surface area contributed by atoms with Crippen molar-refractivity contribution >= 4 is 5.97 Å². The number of hydrogen-bond acceptors (Lipinski definition) is 4. The molecule has 0 aliphatic heterocycles. The Bertz CT molecular complexity index is 664. The van der Waals surface area contributed by atoms with Crippen molar-refractivity contribution in [1.82, 2.24) is 9.97 Å². The fourth-order valence-electron chi connectivity index (χ4n) is 1.64. The molecular formula is C13H12N2O4. The lowest BCUT2D eigenvalue weighted by atomic mass is 10.1. The Kier molecular flexibility index (Phi) is 3.61. The number of phenols is 1. The Hall–Kier alpha value is -2.63. The smallest absolute Gasteiger partial charge is 0.303 e. The maximum absolute atomic E-state index is 11.8. The van der Waals surface area contributed by atoms with Crippen LogP contribution in [0.1, 0.15) is 12.0 Å². The molecule has 19 heavy (non-hydrogen) atoms. The van der Waals surface area contributed by atoms with E-state index in [1.165, 1.54) is 18.3 Å². The van der Waals surface area contributed by atoms with Crippen LogP contribution in [0, 0.1) is 0 Å². The third-order valence-corrected chi connectivity index (χ3v) is 2.60. The number of aliphatic carboxylic acids is 1. The van der Waals surface area contributed by atoms with Crippen LogP contribution in [-0.4, -0.2) is 26.2 Å². The molecule has 1 aromatic heterocycles. The molecule has 98 valence electrons. The van der Waals surface area contributed by atoms with Crippen LogP contribution in [0.3, 0.4) is 0 Å². The van der Waals surface area contributed by atoms with E-state index in [4.69, 9.17) is 5.11 Å². The number of phenolic OH excluding ortho intramolecular Hbond substituents is 1. The normalized spacial score (nSPS) is 10.3. The lowest BCUT2D eigenvalue weighted by Crippen LogP contribution is -2.15. The molecule has 0 unspecified atom stereocenters. The summed E-state index contributed by atoms with van der Waals surface area (Å²) in [6, 6.07) is 6.34. The number of aryl methyl sites for hydroxylation is 1. The minimum Gasteiger partial charge on any atom is -0.508 e. The van der Waals surface area contributed by atoms with Gasteiger partial charge in [0.15, 0.2) is 0 Å². The summed E-state index contributed by atoms with van der Waals surface area (Å²) in [6.07, 6.45) is 1.38. The number of benzene rings is 1. The number of aromatic hydroxyl groups is 1. The summed E-state index contributed by atoms with van der Waals surface area (Å²) >= 11 is 0. The average molecular weight is 260 g/mol. The molecule has 6 heteroatoms. The standard InChI is InChI=1S/C13H12N2O4/c16-10-3-1-2-8(6-10)12-14-7-9(13(19)15-12)4-5-11(17)18/h1-3,6-7,16H,4-5H2,(H,17,18)(H,14,15,19). The van der Waals surface area contributed by atoms with E-state index in [-0.39, 0.29) is 24.2 Å². The molecular weight excluding hydrogens is 248 g/mol. The summed E-state index contributed by atoms with van der Waals surface area (Å²) in [4.78, 5) is 28.9. The number of nitrogens with zero attached hydrogens (tertiary/aromatic N) is 1. The van der Waals surface area contributed by atoms with Crippen molar-refractivity contribution in [2.45, 2.75) is 12.8 Å². The van der Waals surface area contributed by atoms with Gasteiger partial charge in [0, 0.05) is 23.7 Å². The molecule has 0 radical (unpaired) electrons. The molecule has 6 nitrogen and oxygen atoms in total. The minimum absolute atomic E-state index is 0.0788. The van der Waals surface area contributed by atoms with Crippen LogP contribution >= 0.6 is 0 Å². The first kappa shape index (κ1) is 12.8. The van der Waals surface area contributed by atoms with Gasteiger partial charge in [-0.1, -0.05) is 12.1 Å². The molecule has 1 aromatic carbocycles. The zero-order chi connectivity index (χ0) is 13.8. The molecule has 0 atom stereocenters. The Balaban J connectivity index is 2.28. The number of hydrogen-bond donors (Lipinski definition) is 3. The van der Waals surface area contributed by atoms with Crippen molar-refractivity contribution in [3.8, 4) is 17.1 Å². The van der Waals surface area contributed by atoms with Gasteiger partial charge >= 0.3 is 5.97 Å². The topological polar surface area (TPSA) is 103 Å². The zero-order valence-electron chi connectivity index (χ0n) is 9.96. The predicted molar refractivity (Wildman–Crippen MR) is 67.9 cm³/mol. The molecule has 0 aliphatic carbocycles. The van der Waals surface area contributed by atoms with Crippen LogP contribution in [0.5, 0.6) is 5.75 Å². The number of aromatic amines is 1. The molecule has 3 N–H and O–H groups in total. The monoisotopic (exact) mass is 260 g/mol. The van der Waals surface area contributed by atoms with Crippen LogP contribution in [-0.2, 0) is 11.2 Å². The number of H-pyrrole nitrogens is 1. The van der Waals surface area contributed by atoms with E-state index in [0.29, 0.717) is 17.0 Å². The van der Waals surface area contributed by atoms with Crippen LogP contribution in [0.15, 0.2) is 35.3 Å². The van der Waals surface area contributed by atoms with E-state index < -0.39 is 5.97 Å². The SMILES string of the molecule is O=C(O)CCc1cnc(-c2cccc(O)c2)[nH]c1=O. The van der Waals surface area contributed by atoms with Crippen molar-refractivity contribution in [2.75, 3.05) is 0 Å². The summed E-state index contributed by atoms with van der Waals surface area (Å²) < 4.78 is 0. The third-order valence-electron chi connectivity index (χ3n) is 2.60. The number of carbonyl (C=O) groups is 1. The summed E-state index contributed by atoms with van der Waals surface area (Å²) in [5.74, 6) is -0.550. The maximum atomic E-state index is 11.8. The second kappa shape index (κ2) is 5.34. The highest BCUT2D eigenvalue weighted by molar-refractivity contribution is 5.67. The van der Waals surface area contributed by atoms with Crippen molar-refractivity contribution in [3.63, 3.8) is 0 Å². The maximum Gasteiger partial charge on any atom is 0.303 e. The molecule has 2 aromatic rings. The van der Waals surface area contributed by atoms with Crippen molar-refractivity contribution in [2.24, 2.45) is 0 Å². The van der Waals surface area contributed by atoms with Gasteiger partial charge in [0.05, 0.1) is 0 Å². The molecule has 1 heterocycles. The molecule has 0 amide bonds. The average Bonchev–Trinajstić information content (AvgIpc) is 2.37. The third kappa shape index (κ3) is 3.19. The first-order valence-electron chi connectivity index (χ1n) is 5.65. The lowest BCUT2D eigenvalue weighted by molar-refractivity contribution is -0.136. The predicted octanol–water partition coefficient (Wildman–Crippen LogP) is 1.16. The molecule has 0 aliphatic rings. The molecule has 0 saturated heterocycles. The van der Waals surface area contributed by atoms with Gasteiger partial charge in [-0.05, 0) is 18.6 Å². The lowest BCUT2D eigenvalue weighted by Gasteiger charge is -2.03. The highest BCUT2D eigenvalue weighted by Gasteiger charge is 2.07. The fraction of sp³-hybridized carbons (Fsp3) is 0.154. The molecule has 0 saturated carbocycles. The molecule has 0 spiro atoms. The minimum atomic E-state index is -0.962. The van der Waals surface area contributed by atoms with Gasteiger partial charge in [-0.25, -0.2) is 4.98 Å². The summed E-state index contributed by atoms with van der Waals surface area (Å²) in [6.45, 7) is 0. The van der Waals surface area contributed by atoms with E-state index in [9.17, 15) is 14.7 Å². The molecule has 0 bridgehead atoms. The Morgan fingerprint density at radius 1 is 1.37 bits per heavy atom. The van der Waals surface area contributed by atoms with E-state index in [1.807, 2.05) is 0 Å². The van der Waals surface area contributed by atoms with Crippen LogP contribution in [0.2, 0.25) is 0 Å². The van der Waals surface area contributed by atoms with E-state index in [0.717, 1.165) is 0 Å².